The van der Waals surface area contributed by atoms with Crippen LogP contribution in [-0.4, -0.2) is 23.9 Å². The summed E-state index contributed by atoms with van der Waals surface area (Å²) in [4.78, 5) is 28.4. The van der Waals surface area contributed by atoms with Crippen LogP contribution in [0.2, 0.25) is 5.02 Å². The second kappa shape index (κ2) is 7.53. The van der Waals surface area contributed by atoms with Crippen molar-refractivity contribution in [2.24, 2.45) is 11.8 Å². The molecule has 2 unspecified atom stereocenters. The number of carbonyl (C=O) groups is 2. The molecule has 2 N–H and O–H groups in total. The average molecular weight is 360 g/mol. The summed E-state index contributed by atoms with van der Waals surface area (Å²) in [5, 5.41) is 6.13. The van der Waals surface area contributed by atoms with Crippen LogP contribution in [0, 0.1) is 11.8 Å². The molecule has 0 spiro atoms. The predicted molar refractivity (Wildman–Crippen MR) is 94.3 cm³/mol. The molecule has 1 aliphatic rings. The largest absolute Gasteiger partial charge is 0.495 e. The lowest BCUT2D eigenvalue weighted by molar-refractivity contribution is -0.125. The quantitative estimate of drug-likeness (QED) is 0.830. The van der Waals surface area contributed by atoms with E-state index in [4.69, 9.17) is 16.3 Å². The zero-order valence-corrected chi connectivity index (χ0v) is 14.4. The molecule has 130 valence electrons. The molecule has 0 aliphatic heterocycles. The van der Waals surface area contributed by atoms with Gasteiger partial charge in [0.2, 0.25) is 11.8 Å². The molecule has 1 heterocycles. The normalized spacial score (nSPS) is 18.3. The van der Waals surface area contributed by atoms with E-state index in [1.807, 2.05) is 12.1 Å². The van der Waals surface area contributed by atoms with E-state index in [2.05, 4.69) is 15.6 Å². The maximum Gasteiger partial charge on any atom is 0.228 e. The number of rotatable bonds is 6. The van der Waals surface area contributed by atoms with Gasteiger partial charge in [0.15, 0.2) is 0 Å². The van der Waals surface area contributed by atoms with Crippen molar-refractivity contribution in [1.29, 1.82) is 0 Å². The van der Waals surface area contributed by atoms with E-state index in [0.29, 0.717) is 29.4 Å². The van der Waals surface area contributed by atoms with Crippen molar-refractivity contribution in [2.75, 3.05) is 12.4 Å². The van der Waals surface area contributed by atoms with Crippen LogP contribution in [0.25, 0.3) is 0 Å². The van der Waals surface area contributed by atoms with Crippen LogP contribution in [0.4, 0.5) is 5.69 Å². The van der Waals surface area contributed by atoms with Crippen LogP contribution >= 0.6 is 11.6 Å². The molecule has 1 aromatic carbocycles. The Morgan fingerprint density at radius 2 is 1.92 bits per heavy atom. The first-order valence-electron chi connectivity index (χ1n) is 7.89. The maximum absolute atomic E-state index is 12.3. The Kier molecular flexibility index (Phi) is 5.19. The zero-order valence-electron chi connectivity index (χ0n) is 13.7. The highest BCUT2D eigenvalue weighted by Gasteiger charge is 2.48. The summed E-state index contributed by atoms with van der Waals surface area (Å²) < 4.78 is 5.21. The molecule has 1 fully saturated rings. The molecule has 2 atom stereocenters. The molecule has 2 amide bonds. The molecule has 0 radical (unpaired) electrons. The number of ether oxygens (including phenoxy) is 1. The first-order valence-corrected chi connectivity index (χ1v) is 8.27. The molecule has 1 aromatic heterocycles. The number of amides is 2. The van der Waals surface area contributed by atoms with E-state index in [9.17, 15) is 9.59 Å². The highest BCUT2D eigenvalue weighted by atomic mass is 35.5. The molecule has 0 saturated heterocycles. The van der Waals surface area contributed by atoms with Crippen LogP contribution in [0.1, 0.15) is 12.0 Å². The van der Waals surface area contributed by atoms with E-state index in [0.717, 1.165) is 5.56 Å². The highest BCUT2D eigenvalue weighted by Crippen LogP contribution is 2.40. The Bertz CT molecular complexity index is 782. The number of pyridine rings is 1. The maximum atomic E-state index is 12.3. The predicted octanol–water partition coefficient (Wildman–Crippen LogP) is 2.63. The summed E-state index contributed by atoms with van der Waals surface area (Å²) in [6.45, 7) is 0.425. The molecule has 0 bridgehead atoms. The summed E-state index contributed by atoms with van der Waals surface area (Å²) in [5.74, 6) is -0.426. The topological polar surface area (TPSA) is 80.3 Å². The van der Waals surface area contributed by atoms with Crippen molar-refractivity contribution < 1.29 is 14.3 Å². The third-order valence-electron chi connectivity index (χ3n) is 4.10. The molecule has 3 rings (SSSR count). The fraction of sp³-hybridized carbons (Fsp3) is 0.278. The summed E-state index contributed by atoms with van der Waals surface area (Å²) >= 11 is 5.96. The fourth-order valence-electron chi connectivity index (χ4n) is 2.60. The summed E-state index contributed by atoms with van der Waals surface area (Å²) in [5.41, 5.74) is 1.47. The number of methoxy groups -OCH3 is 1. The number of nitrogens with one attached hydrogen (secondary N) is 2. The van der Waals surface area contributed by atoms with Gasteiger partial charge in [0.25, 0.3) is 0 Å². The van der Waals surface area contributed by atoms with Crippen molar-refractivity contribution in [1.82, 2.24) is 10.3 Å². The zero-order chi connectivity index (χ0) is 17.8. The molecule has 2 aromatic rings. The Morgan fingerprint density at radius 3 is 2.64 bits per heavy atom. The number of aromatic nitrogens is 1. The average Bonchev–Trinajstić information content (AvgIpc) is 3.42. The van der Waals surface area contributed by atoms with Crippen LogP contribution in [0.3, 0.4) is 0 Å². The minimum Gasteiger partial charge on any atom is -0.495 e. The van der Waals surface area contributed by atoms with Gasteiger partial charge in [0, 0.05) is 24.0 Å². The van der Waals surface area contributed by atoms with Gasteiger partial charge in [-0.1, -0.05) is 11.6 Å². The molecule has 1 saturated carbocycles. The van der Waals surface area contributed by atoms with Gasteiger partial charge in [-0.3, -0.25) is 14.6 Å². The van der Waals surface area contributed by atoms with E-state index < -0.39 is 0 Å². The third kappa shape index (κ3) is 4.28. The second-order valence-electron chi connectivity index (χ2n) is 5.86. The van der Waals surface area contributed by atoms with E-state index >= 15 is 0 Å². The summed E-state index contributed by atoms with van der Waals surface area (Å²) in [7, 11) is 1.52. The van der Waals surface area contributed by atoms with Gasteiger partial charge in [0.05, 0.1) is 24.6 Å². The number of halogens is 1. The van der Waals surface area contributed by atoms with E-state index in [1.165, 1.54) is 7.11 Å². The molecule has 25 heavy (non-hydrogen) atoms. The number of anilines is 1. The van der Waals surface area contributed by atoms with Crippen molar-refractivity contribution in [3.63, 3.8) is 0 Å². The summed E-state index contributed by atoms with van der Waals surface area (Å²) in [6, 6.07) is 8.66. The SMILES string of the molecule is COc1ccc(Cl)cc1NC(=O)C1CC1C(=O)NCc1ccncc1. The van der Waals surface area contributed by atoms with Crippen LogP contribution in [-0.2, 0) is 16.1 Å². The number of benzene rings is 1. The standard InChI is InChI=1S/C18H18ClN3O3/c1-25-16-3-2-12(19)8-15(16)22-18(24)14-9-13(14)17(23)21-10-11-4-6-20-7-5-11/h2-8,13-14H,9-10H2,1H3,(H,21,23)(H,22,24). The van der Waals surface area contributed by atoms with E-state index in [1.54, 1.807) is 30.6 Å². The number of carbonyl (C=O) groups excluding carboxylic acids is 2. The lowest BCUT2D eigenvalue weighted by Gasteiger charge is -2.10. The van der Waals surface area contributed by atoms with Crippen molar-refractivity contribution in [3.05, 3.63) is 53.3 Å². The van der Waals surface area contributed by atoms with Crippen LogP contribution < -0.4 is 15.4 Å². The second-order valence-corrected chi connectivity index (χ2v) is 6.29. The number of hydrogen-bond donors (Lipinski definition) is 2. The first kappa shape index (κ1) is 17.2. The van der Waals surface area contributed by atoms with Gasteiger partial charge in [-0.05, 0) is 42.3 Å². The van der Waals surface area contributed by atoms with Crippen molar-refractivity contribution >= 4 is 29.1 Å². The van der Waals surface area contributed by atoms with Crippen LogP contribution in [0.15, 0.2) is 42.7 Å². The minimum atomic E-state index is -0.332. The lowest BCUT2D eigenvalue weighted by atomic mass is 10.2. The smallest absolute Gasteiger partial charge is 0.228 e. The van der Waals surface area contributed by atoms with Gasteiger partial charge in [0.1, 0.15) is 5.75 Å². The molecular formula is C18H18ClN3O3. The number of nitrogens with zero attached hydrogens (tertiary/aromatic N) is 1. The molecule has 7 heteroatoms. The third-order valence-corrected chi connectivity index (χ3v) is 4.33. The first-order chi connectivity index (χ1) is 12.1. The molecular weight excluding hydrogens is 342 g/mol. The summed E-state index contributed by atoms with van der Waals surface area (Å²) in [6.07, 6.45) is 3.89. The van der Waals surface area contributed by atoms with Crippen molar-refractivity contribution in [3.8, 4) is 5.75 Å². The monoisotopic (exact) mass is 359 g/mol. The number of hydrogen-bond acceptors (Lipinski definition) is 4. The van der Waals surface area contributed by atoms with E-state index in [-0.39, 0.29) is 23.7 Å². The Labute approximate surface area is 150 Å². The van der Waals surface area contributed by atoms with Gasteiger partial charge in [-0.2, -0.15) is 0 Å². The van der Waals surface area contributed by atoms with Crippen LogP contribution in [0.5, 0.6) is 5.75 Å². The van der Waals surface area contributed by atoms with Crippen molar-refractivity contribution in [2.45, 2.75) is 13.0 Å². The van der Waals surface area contributed by atoms with Gasteiger partial charge >= 0.3 is 0 Å². The van der Waals surface area contributed by atoms with Gasteiger partial charge in [-0.15, -0.1) is 0 Å². The van der Waals surface area contributed by atoms with Gasteiger partial charge < -0.3 is 15.4 Å². The molecule has 1 aliphatic carbocycles. The Morgan fingerprint density at radius 1 is 1.20 bits per heavy atom. The van der Waals surface area contributed by atoms with Gasteiger partial charge in [-0.25, -0.2) is 0 Å². The Hall–Kier alpha value is -2.60. The minimum absolute atomic E-state index is 0.116. The Balaban J connectivity index is 1.53. The lowest BCUT2D eigenvalue weighted by Crippen LogP contribution is -2.27. The fourth-order valence-corrected chi connectivity index (χ4v) is 2.77. The molecule has 6 nitrogen and oxygen atoms in total. The highest BCUT2D eigenvalue weighted by molar-refractivity contribution is 6.31.